The van der Waals surface area contributed by atoms with Gasteiger partial charge in [-0.2, -0.15) is 0 Å². The van der Waals surface area contributed by atoms with Gasteiger partial charge in [-0.15, -0.1) is 0 Å². The molecule has 1 heterocycles. The Bertz CT molecular complexity index is 383. The first-order valence-corrected chi connectivity index (χ1v) is 6.28. The van der Waals surface area contributed by atoms with Crippen molar-refractivity contribution in [1.82, 2.24) is 0 Å². The minimum absolute atomic E-state index is 0.0979. The lowest BCUT2D eigenvalue weighted by atomic mass is 10.1. The van der Waals surface area contributed by atoms with Crippen LogP contribution >= 0.6 is 0 Å². The van der Waals surface area contributed by atoms with Crippen LogP contribution in [0.3, 0.4) is 0 Å². The maximum absolute atomic E-state index is 9.42. The van der Waals surface area contributed by atoms with E-state index in [0.29, 0.717) is 13.0 Å². The first-order chi connectivity index (χ1) is 8.69. The molecule has 1 aromatic carbocycles. The van der Waals surface area contributed by atoms with Crippen LogP contribution in [-0.4, -0.2) is 37.6 Å². The highest BCUT2D eigenvalue weighted by atomic mass is 16.6. The van der Waals surface area contributed by atoms with E-state index < -0.39 is 0 Å². The molecule has 100 valence electrons. The summed E-state index contributed by atoms with van der Waals surface area (Å²) in [4.78, 5) is 0. The Morgan fingerprint density at radius 2 is 2.28 bits per heavy atom. The molecule has 1 fully saturated rings. The van der Waals surface area contributed by atoms with Gasteiger partial charge in [-0.1, -0.05) is 6.07 Å². The summed E-state index contributed by atoms with van der Waals surface area (Å²) in [6, 6.07) is 5.76. The van der Waals surface area contributed by atoms with E-state index in [0.717, 1.165) is 30.1 Å². The minimum Gasteiger partial charge on any atom is -0.493 e. The molecule has 0 aromatic heterocycles. The Kier molecular flexibility index (Phi) is 4.44. The first kappa shape index (κ1) is 13.2. The molecule has 4 heteroatoms. The molecule has 4 nitrogen and oxygen atoms in total. The predicted molar refractivity (Wildman–Crippen MR) is 68.2 cm³/mol. The van der Waals surface area contributed by atoms with Gasteiger partial charge in [0.05, 0.1) is 26.4 Å². The number of rotatable bonds is 5. The van der Waals surface area contributed by atoms with E-state index in [-0.39, 0.29) is 12.2 Å². The fraction of sp³-hybridized carbons (Fsp3) is 0.571. The molecule has 0 amide bonds. The molecule has 1 aromatic rings. The second-order valence-electron chi connectivity index (χ2n) is 4.64. The third kappa shape index (κ3) is 3.37. The molecule has 0 bridgehead atoms. The molecule has 18 heavy (non-hydrogen) atoms. The largest absolute Gasteiger partial charge is 0.493 e. The van der Waals surface area contributed by atoms with Gasteiger partial charge >= 0.3 is 0 Å². The van der Waals surface area contributed by atoms with Crippen LogP contribution in [0.15, 0.2) is 18.2 Å². The summed E-state index contributed by atoms with van der Waals surface area (Å²) in [7, 11) is 1.63. The van der Waals surface area contributed by atoms with Crippen LogP contribution in [0.4, 0.5) is 0 Å². The average Bonchev–Trinajstić information content (AvgIpc) is 2.81. The summed E-state index contributed by atoms with van der Waals surface area (Å²) >= 11 is 0. The summed E-state index contributed by atoms with van der Waals surface area (Å²) in [5, 5.41) is 9.42. The second kappa shape index (κ2) is 6.07. The van der Waals surface area contributed by atoms with Crippen LogP contribution in [-0.2, 0) is 11.2 Å². The Morgan fingerprint density at radius 3 is 2.89 bits per heavy atom. The Balaban J connectivity index is 2.13. The zero-order valence-corrected chi connectivity index (χ0v) is 10.9. The van der Waals surface area contributed by atoms with Crippen LogP contribution < -0.4 is 9.47 Å². The van der Waals surface area contributed by atoms with Gasteiger partial charge in [0.2, 0.25) is 0 Å². The highest BCUT2D eigenvalue weighted by molar-refractivity contribution is 5.43. The number of aliphatic hydroxyl groups excluding tert-OH is 1. The normalized spacial score (nSPS) is 20.7. The monoisotopic (exact) mass is 252 g/mol. The van der Waals surface area contributed by atoms with E-state index in [9.17, 15) is 5.11 Å². The topological polar surface area (TPSA) is 47.9 Å². The van der Waals surface area contributed by atoms with Gasteiger partial charge in [-0.3, -0.25) is 0 Å². The van der Waals surface area contributed by atoms with E-state index in [1.54, 1.807) is 14.0 Å². The van der Waals surface area contributed by atoms with Gasteiger partial charge in [0.15, 0.2) is 11.5 Å². The molecule has 2 atom stereocenters. The zero-order valence-electron chi connectivity index (χ0n) is 10.9. The molecule has 0 saturated carbocycles. The minimum atomic E-state index is -0.360. The number of benzene rings is 1. The average molecular weight is 252 g/mol. The van der Waals surface area contributed by atoms with E-state index in [1.165, 1.54) is 0 Å². The van der Waals surface area contributed by atoms with Crippen molar-refractivity contribution in [3.63, 3.8) is 0 Å². The summed E-state index contributed by atoms with van der Waals surface area (Å²) in [5.74, 6) is 1.45. The molecule has 1 aliphatic rings. The van der Waals surface area contributed by atoms with Gasteiger partial charge in [-0.05, 0) is 31.0 Å². The Labute approximate surface area is 107 Å². The smallest absolute Gasteiger partial charge is 0.161 e. The molecule has 1 saturated heterocycles. The van der Waals surface area contributed by atoms with Crippen molar-refractivity contribution in [1.29, 1.82) is 0 Å². The van der Waals surface area contributed by atoms with Crippen molar-refractivity contribution in [2.24, 2.45) is 0 Å². The lowest BCUT2D eigenvalue weighted by Crippen LogP contribution is -2.16. The van der Waals surface area contributed by atoms with Crippen molar-refractivity contribution in [3.8, 4) is 11.5 Å². The van der Waals surface area contributed by atoms with Crippen LogP contribution in [0.2, 0.25) is 0 Å². The first-order valence-electron chi connectivity index (χ1n) is 6.28. The number of methoxy groups -OCH3 is 1. The Hall–Kier alpha value is -1.26. The fourth-order valence-electron chi connectivity index (χ4n) is 2.07. The van der Waals surface area contributed by atoms with Gasteiger partial charge in [0, 0.05) is 6.42 Å². The van der Waals surface area contributed by atoms with Crippen molar-refractivity contribution in [2.75, 3.05) is 20.3 Å². The van der Waals surface area contributed by atoms with Gasteiger partial charge in [-0.25, -0.2) is 0 Å². The molecule has 2 rings (SSSR count). The van der Waals surface area contributed by atoms with Gasteiger partial charge < -0.3 is 19.3 Å². The highest BCUT2D eigenvalue weighted by Gasteiger charge is 2.19. The van der Waals surface area contributed by atoms with E-state index in [2.05, 4.69) is 0 Å². The second-order valence-corrected chi connectivity index (χ2v) is 4.64. The van der Waals surface area contributed by atoms with E-state index >= 15 is 0 Å². The number of ether oxygens (including phenoxy) is 3. The predicted octanol–water partition coefficient (Wildman–Crippen LogP) is 1.79. The van der Waals surface area contributed by atoms with Crippen molar-refractivity contribution < 1.29 is 19.3 Å². The van der Waals surface area contributed by atoms with Gasteiger partial charge in [0.1, 0.15) is 6.10 Å². The standard InChI is InChI=1S/C14H20O4/c1-10(15)7-11-3-4-13(16-2)14(8-11)18-12-5-6-17-9-12/h3-4,8,10,12,15H,5-7,9H2,1-2H3. The van der Waals surface area contributed by atoms with E-state index in [4.69, 9.17) is 14.2 Å². The fourth-order valence-corrected chi connectivity index (χ4v) is 2.07. The molecule has 1 aliphatic heterocycles. The molecular weight excluding hydrogens is 232 g/mol. The summed E-state index contributed by atoms with van der Waals surface area (Å²) in [6.45, 7) is 3.15. The third-order valence-electron chi connectivity index (χ3n) is 2.94. The van der Waals surface area contributed by atoms with E-state index in [1.807, 2.05) is 18.2 Å². The molecule has 1 N–H and O–H groups in total. The summed E-state index contributed by atoms with van der Waals surface area (Å²) in [5.41, 5.74) is 1.04. The number of aliphatic hydroxyl groups is 1. The maximum Gasteiger partial charge on any atom is 0.161 e. The summed E-state index contributed by atoms with van der Waals surface area (Å²) in [6.07, 6.45) is 1.26. The van der Waals surface area contributed by atoms with Gasteiger partial charge in [0.25, 0.3) is 0 Å². The lowest BCUT2D eigenvalue weighted by molar-refractivity contribution is 0.138. The zero-order chi connectivity index (χ0) is 13.0. The van der Waals surface area contributed by atoms with Crippen molar-refractivity contribution in [2.45, 2.75) is 32.0 Å². The molecule has 0 spiro atoms. The maximum atomic E-state index is 9.42. The summed E-state index contributed by atoms with van der Waals surface area (Å²) < 4.78 is 16.5. The molecular formula is C14H20O4. The van der Waals surface area contributed by atoms with Crippen LogP contribution in [0.5, 0.6) is 11.5 Å². The quantitative estimate of drug-likeness (QED) is 0.868. The van der Waals surface area contributed by atoms with Crippen LogP contribution in [0.25, 0.3) is 0 Å². The molecule has 0 radical (unpaired) electrons. The SMILES string of the molecule is COc1ccc(CC(C)O)cc1OC1CCOC1. The van der Waals surface area contributed by atoms with Crippen molar-refractivity contribution in [3.05, 3.63) is 23.8 Å². The molecule has 2 unspecified atom stereocenters. The van der Waals surface area contributed by atoms with Crippen LogP contribution in [0, 0.1) is 0 Å². The highest BCUT2D eigenvalue weighted by Crippen LogP contribution is 2.30. The molecule has 0 aliphatic carbocycles. The third-order valence-corrected chi connectivity index (χ3v) is 2.94. The Morgan fingerprint density at radius 1 is 1.44 bits per heavy atom. The number of hydrogen-bond acceptors (Lipinski definition) is 4. The van der Waals surface area contributed by atoms with Crippen LogP contribution in [0.1, 0.15) is 18.9 Å². The lowest BCUT2D eigenvalue weighted by Gasteiger charge is -2.16. The number of hydrogen-bond donors (Lipinski definition) is 1. The van der Waals surface area contributed by atoms with Crippen molar-refractivity contribution >= 4 is 0 Å².